The fourth-order valence-electron chi connectivity index (χ4n) is 10.5. The first-order valence-electron chi connectivity index (χ1n) is 15.7. The molecule has 4 aliphatic rings. The molecule has 0 spiro atoms. The number of benzene rings is 2. The number of ketones is 1. The van der Waals surface area contributed by atoms with E-state index in [0.717, 1.165) is 49.7 Å². The maximum absolute atomic E-state index is 14.1. The Morgan fingerprint density at radius 3 is 2.18 bits per heavy atom. The smallest absolute Gasteiger partial charge is 0.137 e. The van der Waals surface area contributed by atoms with Crippen molar-refractivity contribution >= 4 is 5.78 Å². The standard InChI is InChI=1S/C36H48O3/c1-24(18-21-36(39,25-10-6-4-7-11-25)26-12-8-5-9-13-26)30-16-17-31-29-15-14-27-22-28(37)19-20-34(27,2)33(29)32(38)23-35(30,31)3/h4-13,24,27-31,33,37,39H,14-23H2,1-3H3/t24-,27-,28-,29+,30+,31-,33+,34+,35-/m1/s1. The molecule has 4 fully saturated rings. The maximum Gasteiger partial charge on any atom is 0.137 e. The van der Waals surface area contributed by atoms with E-state index >= 15 is 0 Å². The third kappa shape index (κ3) is 4.43. The van der Waals surface area contributed by atoms with E-state index in [9.17, 15) is 15.0 Å². The fourth-order valence-corrected chi connectivity index (χ4v) is 10.5. The van der Waals surface area contributed by atoms with E-state index in [1.807, 2.05) is 60.7 Å². The number of aliphatic hydroxyl groups is 2. The van der Waals surface area contributed by atoms with Crippen molar-refractivity contribution in [1.82, 2.24) is 0 Å². The molecule has 2 N–H and O–H groups in total. The van der Waals surface area contributed by atoms with Crippen molar-refractivity contribution < 1.29 is 15.0 Å². The summed E-state index contributed by atoms with van der Waals surface area (Å²) in [6.07, 6.45) is 9.70. The summed E-state index contributed by atoms with van der Waals surface area (Å²) < 4.78 is 0. The lowest BCUT2D eigenvalue weighted by molar-refractivity contribution is -0.162. The molecule has 4 saturated carbocycles. The summed E-state index contributed by atoms with van der Waals surface area (Å²) >= 11 is 0. The van der Waals surface area contributed by atoms with Crippen LogP contribution in [0.3, 0.4) is 0 Å². The predicted octanol–water partition coefficient (Wildman–Crippen LogP) is 7.54. The maximum atomic E-state index is 14.1. The summed E-state index contributed by atoms with van der Waals surface area (Å²) in [5, 5.41) is 22.5. The van der Waals surface area contributed by atoms with Gasteiger partial charge in [-0.05, 0) is 109 Å². The summed E-state index contributed by atoms with van der Waals surface area (Å²) in [6.45, 7) is 7.22. The number of aliphatic hydroxyl groups excluding tert-OH is 1. The molecule has 0 bridgehead atoms. The summed E-state index contributed by atoms with van der Waals surface area (Å²) in [5.41, 5.74) is 1.04. The third-order valence-corrected chi connectivity index (χ3v) is 12.5. The van der Waals surface area contributed by atoms with Gasteiger partial charge in [0.2, 0.25) is 0 Å². The monoisotopic (exact) mass is 528 g/mol. The Morgan fingerprint density at radius 1 is 0.897 bits per heavy atom. The SMILES string of the molecule is C[C@H](CCC(O)(c1ccccc1)c1ccccc1)[C@@H]1CC[C@@H]2[C@@H]3CC[C@@H]4C[C@H](O)CC[C@]4(C)[C@@H]3C(=O)C[C@@]21C. The number of rotatable bonds is 6. The van der Waals surface area contributed by atoms with Crippen molar-refractivity contribution in [2.75, 3.05) is 0 Å². The minimum absolute atomic E-state index is 0.0622. The minimum Gasteiger partial charge on any atom is -0.393 e. The Labute approximate surface area is 235 Å². The van der Waals surface area contributed by atoms with Crippen LogP contribution in [0.15, 0.2) is 60.7 Å². The highest BCUT2D eigenvalue weighted by atomic mass is 16.3. The molecule has 2 aromatic rings. The van der Waals surface area contributed by atoms with Crippen LogP contribution in [0.4, 0.5) is 0 Å². The first kappa shape index (κ1) is 27.2. The van der Waals surface area contributed by atoms with Crippen molar-refractivity contribution in [3.05, 3.63) is 71.8 Å². The van der Waals surface area contributed by atoms with Gasteiger partial charge >= 0.3 is 0 Å². The lowest BCUT2D eigenvalue weighted by Crippen LogP contribution is -2.58. The zero-order chi connectivity index (χ0) is 27.4. The van der Waals surface area contributed by atoms with Crippen molar-refractivity contribution in [1.29, 1.82) is 0 Å². The quantitative estimate of drug-likeness (QED) is 0.407. The first-order chi connectivity index (χ1) is 18.7. The van der Waals surface area contributed by atoms with Gasteiger partial charge in [-0.2, -0.15) is 0 Å². The highest BCUT2D eigenvalue weighted by molar-refractivity contribution is 5.84. The number of carbonyl (C=O) groups is 1. The lowest BCUT2D eigenvalue weighted by Gasteiger charge is -2.60. The van der Waals surface area contributed by atoms with Crippen LogP contribution in [0.25, 0.3) is 0 Å². The molecule has 210 valence electrons. The molecule has 3 nitrogen and oxygen atoms in total. The number of Topliss-reactive ketones (excluding diaryl/α,β-unsaturated/α-hetero) is 1. The van der Waals surface area contributed by atoms with Crippen LogP contribution in [0.2, 0.25) is 0 Å². The summed E-state index contributed by atoms with van der Waals surface area (Å²) in [4.78, 5) is 14.1. The number of hydrogen-bond donors (Lipinski definition) is 2. The van der Waals surface area contributed by atoms with Crippen LogP contribution in [-0.4, -0.2) is 22.1 Å². The fraction of sp³-hybridized carbons (Fsp3) is 0.639. The Balaban J connectivity index is 1.22. The Kier molecular flexibility index (Phi) is 7.08. The number of hydrogen-bond acceptors (Lipinski definition) is 3. The lowest BCUT2D eigenvalue weighted by atomic mass is 9.44. The van der Waals surface area contributed by atoms with E-state index in [-0.39, 0.29) is 22.9 Å². The normalized spacial score (nSPS) is 38.9. The molecule has 0 radical (unpaired) electrons. The molecule has 0 amide bonds. The summed E-state index contributed by atoms with van der Waals surface area (Å²) in [6, 6.07) is 20.3. The molecular weight excluding hydrogens is 480 g/mol. The molecule has 0 saturated heterocycles. The molecule has 0 aliphatic heterocycles. The summed E-state index contributed by atoms with van der Waals surface area (Å²) in [7, 11) is 0. The zero-order valence-electron chi connectivity index (χ0n) is 24.2. The second kappa shape index (κ2) is 10.1. The van der Waals surface area contributed by atoms with Gasteiger partial charge in [-0.25, -0.2) is 0 Å². The van der Waals surface area contributed by atoms with E-state index in [2.05, 4.69) is 20.8 Å². The van der Waals surface area contributed by atoms with Crippen LogP contribution in [0.5, 0.6) is 0 Å². The van der Waals surface area contributed by atoms with Gasteiger partial charge in [0.15, 0.2) is 0 Å². The second-order valence-corrected chi connectivity index (χ2v) is 14.4. The van der Waals surface area contributed by atoms with Crippen LogP contribution in [0.1, 0.15) is 96.1 Å². The Morgan fingerprint density at radius 2 is 1.54 bits per heavy atom. The van der Waals surface area contributed by atoms with Crippen LogP contribution in [0, 0.1) is 46.3 Å². The molecule has 9 atom stereocenters. The van der Waals surface area contributed by atoms with E-state index in [4.69, 9.17) is 0 Å². The van der Waals surface area contributed by atoms with Crippen molar-refractivity contribution in [2.24, 2.45) is 46.3 Å². The van der Waals surface area contributed by atoms with E-state index in [0.29, 0.717) is 41.8 Å². The van der Waals surface area contributed by atoms with Gasteiger partial charge in [-0.3, -0.25) is 4.79 Å². The molecule has 4 aliphatic carbocycles. The molecule has 3 heteroatoms. The van der Waals surface area contributed by atoms with E-state index in [1.165, 1.54) is 19.3 Å². The topological polar surface area (TPSA) is 57.5 Å². The highest BCUT2D eigenvalue weighted by Gasteiger charge is 2.63. The number of fused-ring (bicyclic) bond motifs is 5. The largest absolute Gasteiger partial charge is 0.393 e. The Bertz CT molecular complexity index is 1120. The molecule has 6 rings (SSSR count). The summed E-state index contributed by atoms with van der Waals surface area (Å²) in [5.74, 6) is 3.31. The minimum atomic E-state index is -1.01. The average Bonchev–Trinajstić information content (AvgIpc) is 3.29. The number of carbonyl (C=O) groups excluding carboxylic acids is 1. The predicted molar refractivity (Wildman–Crippen MR) is 156 cm³/mol. The van der Waals surface area contributed by atoms with Crippen LogP contribution < -0.4 is 0 Å². The van der Waals surface area contributed by atoms with Crippen molar-refractivity contribution in [2.45, 2.75) is 96.7 Å². The molecular formula is C36H48O3. The van der Waals surface area contributed by atoms with Gasteiger partial charge in [0.25, 0.3) is 0 Å². The van der Waals surface area contributed by atoms with Crippen LogP contribution in [-0.2, 0) is 10.4 Å². The van der Waals surface area contributed by atoms with Gasteiger partial charge in [0, 0.05) is 12.3 Å². The van der Waals surface area contributed by atoms with Crippen molar-refractivity contribution in [3.63, 3.8) is 0 Å². The van der Waals surface area contributed by atoms with Gasteiger partial charge in [-0.1, -0.05) is 81.4 Å². The van der Waals surface area contributed by atoms with Gasteiger partial charge in [-0.15, -0.1) is 0 Å². The molecule has 0 unspecified atom stereocenters. The average molecular weight is 529 g/mol. The van der Waals surface area contributed by atoms with Gasteiger partial charge in [0.05, 0.1) is 6.10 Å². The third-order valence-electron chi connectivity index (χ3n) is 12.5. The van der Waals surface area contributed by atoms with Crippen LogP contribution >= 0.6 is 0 Å². The molecule has 2 aromatic carbocycles. The molecule has 0 heterocycles. The van der Waals surface area contributed by atoms with E-state index in [1.54, 1.807) is 0 Å². The first-order valence-corrected chi connectivity index (χ1v) is 15.7. The van der Waals surface area contributed by atoms with Crippen molar-refractivity contribution in [3.8, 4) is 0 Å². The molecule has 39 heavy (non-hydrogen) atoms. The zero-order valence-corrected chi connectivity index (χ0v) is 24.2. The molecule has 0 aromatic heterocycles. The highest BCUT2D eigenvalue weighted by Crippen LogP contribution is 2.67. The second-order valence-electron chi connectivity index (χ2n) is 14.4. The van der Waals surface area contributed by atoms with E-state index < -0.39 is 5.60 Å². The van der Waals surface area contributed by atoms with Gasteiger partial charge < -0.3 is 10.2 Å². The van der Waals surface area contributed by atoms with Gasteiger partial charge in [0.1, 0.15) is 11.4 Å². The Hall–Kier alpha value is -1.97.